The van der Waals surface area contributed by atoms with Gasteiger partial charge in [-0.05, 0) is 37.6 Å². The standard InChI is InChI=1S/C41H43N3O4Si/c1-40(2,3)49(34-25-15-7-16-26-34,35-27-17-8-18-28-35)48-39-36(29-43-44-42)47-37(38(39)45)30-46-41(31-19-9-4-10-20-31,32-21-11-5-12-22-32)33-23-13-6-14-24-33/h4-28,36-39,45H,29-30H2,1-3H3/t36-,37+,38-,39-/m1/s1. The van der Waals surface area contributed by atoms with Crippen LogP contribution >= 0.6 is 0 Å². The lowest BCUT2D eigenvalue weighted by atomic mass is 9.80. The van der Waals surface area contributed by atoms with Gasteiger partial charge in [-0.15, -0.1) is 0 Å². The second-order valence-corrected chi connectivity index (χ2v) is 17.7. The lowest BCUT2D eigenvalue weighted by Gasteiger charge is -2.45. The molecule has 1 fully saturated rings. The van der Waals surface area contributed by atoms with Gasteiger partial charge in [-0.25, -0.2) is 0 Å². The molecule has 1 heterocycles. The topological polar surface area (TPSA) is 96.7 Å². The highest BCUT2D eigenvalue weighted by atomic mass is 28.4. The van der Waals surface area contributed by atoms with Gasteiger partial charge in [0.2, 0.25) is 0 Å². The molecule has 0 saturated carbocycles. The van der Waals surface area contributed by atoms with E-state index in [1.165, 1.54) is 0 Å². The summed E-state index contributed by atoms with van der Waals surface area (Å²) in [6.45, 7) is 6.64. The molecule has 0 aromatic heterocycles. The predicted molar refractivity (Wildman–Crippen MR) is 196 cm³/mol. The van der Waals surface area contributed by atoms with Gasteiger partial charge in [-0.3, -0.25) is 0 Å². The molecule has 0 aliphatic carbocycles. The Morgan fingerprint density at radius 3 is 1.47 bits per heavy atom. The van der Waals surface area contributed by atoms with E-state index in [1.54, 1.807) is 0 Å². The highest BCUT2D eigenvalue weighted by molar-refractivity contribution is 6.99. The average Bonchev–Trinajstić information content (AvgIpc) is 3.44. The maximum atomic E-state index is 12.2. The molecule has 0 spiro atoms. The quantitative estimate of drug-likeness (QED) is 0.0493. The van der Waals surface area contributed by atoms with Crippen molar-refractivity contribution in [2.75, 3.05) is 13.2 Å². The largest absolute Gasteiger partial charge is 0.399 e. The molecule has 7 nitrogen and oxygen atoms in total. The summed E-state index contributed by atoms with van der Waals surface area (Å²) in [6, 6.07) is 50.9. The summed E-state index contributed by atoms with van der Waals surface area (Å²) in [5, 5.41) is 17.9. The van der Waals surface area contributed by atoms with Crippen LogP contribution in [-0.4, -0.2) is 51.0 Å². The van der Waals surface area contributed by atoms with Crippen molar-refractivity contribution in [3.05, 3.63) is 179 Å². The number of azide groups is 1. The third-order valence-electron chi connectivity index (χ3n) is 9.49. The lowest BCUT2D eigenvalue weighted by molar-refractivity contribution is -0.0810. The molecular formula is C41H43N3O4Si. The zero-order chi connectivity index (χ0) is 34.3. The molecule has 49 heavy (non-hydrogen) atoms. The van der Waals surface area contributed by atoms with Crippen LogP contribution in [0.5, 0.6) is 0 Å². The van der Waals surface area contributed by atoms with Gasteiger partial charge in [-0.1, -0.05) is 178 Å². The summed E-state index contributed by atoms with van der Waals surface area (Å²) in [4.78, 5) is 3.04. The van der Waals surface area contributed by atoms with Crippen LogP contribution in [0.15, 0.2) is 157 Å². The number of hydrogen-bond donors (Lipinski definition) is 1. The van der Waals surface area contributed by atoms with E-state index in [9.17, 15) is 10.6 Å². The number of aliphatic hydroxyl groups is 1. The normalized spacial score (nSPS) is 19.7. The zero-order valence-electron chi connectivity index (χ0n) is 28.2. The van der Waals surface area contributed by atoms with Crippen LogP contribution in [0.4, 0.5) is 0 Å². The molecule has 8 heteroatoms. The molecule has 5 aromatic carbocycles. The minimum absolute atomic E-state index is 0.00806. The van der Waals surface area contributed by atoms with Crippen LogP contribution in [0.1, 0.15) is 37.5 Å². The van der Waals surface area contributed by atoms with Crippen molar-refractivity contribution in [3.63, 3.8) is 0 Å². The molecule has 6 rings (SSSR count). The predicted octanol–water partition coefficient (Wildman–Crippen LogP) is 7.38. The Bertz CT molecular complexity index is 1680. The third-order valence-corrected chi connectivity index (χ3v) is 14.5. The second-order valence-electron chi connectivity index (χ2n) is 13.5. The third kappa shape index (κ3) is 6.72. The second kappa shape index (κ2) is 14.9. The van der Waals surface area contributed by atoms with Crippen LogP contribution < -0.4 is 10.4 Å². The maximum Gasteiger partial charge on any atom is 0.261 e. The molecule has 1 aliphatic heterocycles. The first-order valence-electron chi connectivity index (χ1n) is 16.7. The van der Waals surface area contributed by atoms with Crippen LogP contribution in [-0.2, 0) is 19.5 Å². The van der Waals surface area contributed by atoms with Crippen molar-refractivity contribution < 1.29 is 19.0 Å². The number of rotatable bonds is 12. The zero-order valence-corrected chi connectivity index (χ0v) is 29.2. The summed E-state index contributed by atoms with van der Waals surface area (Å²) in [5.41, 5.74) is 11.2. The molecule has 4 atom stereocenters. The van der Waals surface area contributed by atoms with Crippen molar-refractivity contribution >= 4 is 18.7 Å². The fourth-order valence-electron chi connectivity index (χ4n) is 7.23. The van der Waals surface area contributed by atoms with Gasteiger partial charge in [0.15, 0.2) is 0 Å². The number of hydrogen-bond acceptors (Lipinski definition) is 5. The fraction of sp³-hybridized carbons (Fsp3) is 0.268. The summed E-state index contributed by atoms with van der Waals surface area (Å²) < 4.78 is 21.1. The first-order valence-corrected chi connectivity index (χ1v) is 18.7. The van der Waals surface area contributed by atoms with Crippen LogP contribution in [0.2, 0.25) is 5.04 Å². The maximum absolute atomic E-state index is 12.2. The molecule has 0 amide bonds. The molecule has 0 unspecified atom stereocenters. The van der Waals surface area contributed by atoms with E-state index in [1.807, 2.05) is 91.0 Å². The van der Waals surface area contributed by atoms with E-state index in [0.717, 1.165) is 27.1 Å². The Balaban J connectivity index is 1.41. The molecule has 5 aromatic rings. The molecule has 0 bridgehead atoms. The molecular weight excluding hydrogens is 627 g/mol. The molecule has 1 aliphatic rings. The Morgan fingerprint density at radius 2 is 1.08 bits per heavy atom. The Kier molecular flexibility index (Phi) is 10.5. The summed E-state index contributed by atoms with van der Waals surface area (Å²) >= 11 is 0. The molecule has 1 saturated heterocycles. The SMILES string of the molecule is CC(C)(C)[Si](O[C@H]1[C@H](O)[C@H](COC(c2ccccc2)(c2ccccc2)c2ccccc2)O[C@@H]1CN=[N+]=[N-])(c1ccccc1)c1ccccc1. The van der Waals surface area contributed by atoms with E-state index in [4.69, 9.17) is 13.9 Å². The van der Waals surface area contributed by atoms with E-state index in [-0.39, 0.29) is 18.2 Å². The van der Waals surface area contributed by atoms with Crippen molar-refractivity contribution in [1.29, 1.82) is 0 Å². The monoisotopic (exact) mass is 669 g/mol. The van der Waals surface area contributed by atoms with Crippen molar-refractivity contribution in [2.45, 2.75) is 55.8 Å². The van der Waals surface area contributed by atoms with Gasteiger partial charge < -0.3 is 19.0 Å². The van der Waals surface area contributed by atoms with Gasteiger partial charge in [0, 0.05) is 4.91 Å². The minimum Gasteiger partial charge on any atom is -0.399 e. The molecule has 250 valence electrons. The number of nitrogens with zero attached hydrogens (tertiary/aromatic N) is 3. The summed E-state index contributed by atoms with van der Waals surface area (Å²) in [6.07, 6.45) is -3.32. The molecule has 1 N–H and O–H groups in total. The highest BCUT2D eigenvalue weighted by Gasteiger charge is 2.56. The van der Waals surface area contributed by atoms with Gasteiger partial charge >= 0.3 is 0 Å². The Hall–Kier alpha value is -4.53. The summed E-state index contributed by atoms with van der Waals surface area (Å²) in [7, 11) is -3.10. The first-order chi connectivity index (χ1) is 23.8. The Labute approximate surface area is 289 Å². The van der Waals surface area contributed by atoms with Gasteiger partial charge in [0.25, 0.3) is 8.32 Å². The van der Waals surface area contributed by atoms with Crippen molar-refractivity contribution in [1.82, 2.24) is 0 Å². The first kappa shape index (κ1) is 34.3. The van der Waals surface area contributed by atoms with Crippen LogP contribution in [0.3, 0.4) is 0 Å². The van der Waals surface area contributed by atoms with Gasteiger partial charge in [-0.2, -0.15) is 0 Å². The molecule has 0 radical (unpaired) electrons. The lowest BCUT2D eigenvalue weighted by Crippen LogP contribution is -2.69. The smallest absolute Gasteiger partial charge is 0.261 e. The van der Waals surface area contributed by atoms with E-state index in [2.05, 4.69) is 91.5 Å². The highest BCUT2D eigenvalue weighted by Crippen LogP contribution is 2.43. The van der Waals surface area contributed by atoms with E-state index >= 15 is 0 Å². The Morgan fingerprint density at radius 1 is 0.673 bits per heavy atom. The van der Waals surface area contributed by atoms with Gasteiger partial charge in [0.1, 0.15) is 23.9 Å². The van der Waals surface area contributed by atoms with Crippen LogP contribution in [0, 0.1) is 0 Å². The number of benzene rings is 5. The van der Waals surface area contributed by atoms with Crippen LogP contribution in [0.25, 0.3) is 10.4 Å². The van der Waals surface area contributed by atoms with Gasteiger partial charge in [0.05, 0.1) is 19.3 Å². The van der Waals surface area contributed by atoms with E-state index < -0.39 is 38.3 Å². The number of ether oxygens (including phenoxy) is 2. The average molecular weight is 670 g/mol. The van der Waals surface area contributed by atoms with Crippen molar-refractivity contribution in [2.24, 2.45) is 5.11 Å². The minimum atomic E-state index is -3.10. The van der Waals surface area contributed by atoms with Crippen molar-refractivity contribution in [3.8, 4) is 0 Å². The van der Waals surface area contributed by atoms with E-state index in [0.29, 0.717) is 0 Å². The fourth-order valence-corrected chi connectivity index (χ4v) is 11.9. The number of aliphatic hydroxyl groups excluding tert-OH is 1. The summed E-state index contributed by atoms with van der Waals surface area (Å²) in [5.74, 6) is 0.